The molecule has 0 bridgehead atoms. The molecule has 0 spiro atoms. The van der Waals surface area contributed by atoms with Crippen LogP contribution in [0.3, 0.4) is 0 Å². The minimum atomic E-state index is -0.828. The molecule has 4 heteroatoms. The number of rotatable bonds is 7. The van der Waals surface area contributed by atoms with E-state index in [1.54, 1.807) is 18.7 Å². The third kappa shape index (κ3) is 4.35. The molecule has 1 unspecified atom stereocenters. The molecule has 1 rings (SSSR count). The van der Waals surface area contributed by atoms with Gasteiger partial charge in [0.15, 0.2) is 0 Å². The molecule has 2 N–H and O–H groups in total. The maximum atomic E-state index is 11.2. The number of aliphatic carboxylic acids is 1. The minimum absolute atomic E-state index is 0.606. The van der Waals surface area contributed by atoms with Crippen LogP contribution in [-0.4, -0.2) is 28.9 Å². The summed E-state index contributed by atoms with van der Waals surface area (Å²) in [7, 11) is 0. The van der Waals surface area contributed by atoms with Gasteiger partial charge < -0.3 is 10.4 Å². The molecule has 1 atom stereocenters. The maximum Gasteiger partial charge on any atom is 0.323 e. The maximum absolute atomic E-state index is 11.2. The van der Waals surface area contributed by atoms with E-state index in [1.807, 2.05) is 13.0 Å². The third-order valence-corrected chi connectivity index (χ3v) is 3.89. The lowest BCUT2D eigenvalue weighted by Crippen LogP contribution is -2.49. The number of nitrogens with one attached hydrogen (secondary N) is 1. The van der Waals surface area contributed by atoms with E-state index in [-0.39, 0.29) is 0 Å². The fraction of sp³-hybridized carbons (Fsp3) is 0.500. The highest BCUT2D eigenvalue weighted by molar-refractivity contribution is 7.99. The largest absolute Gasteiger partial charge is 0.480 e. The number of likely N-dealkylation sites (N-methyl/N-ethyl adjacent to an activating group) is 1. The van der Waals surface area contributed by atoms with Crippen LogP contribution in [0.1, 0.15) is 25.8 Å². The van der Waals surface area contributed by atoms with Gasteiger partial charge in [-0.15, -0.1) is 11.8 Å². The summed E-state index contributed by atoms with van der Waals surface area (Å²) in [6.45, 7) is 6.40. The molecular formula is C14H21NO2S. The molecule has 0 radical (unpaired) electrons. The SMILES string of the molecule is CCNC(C)(CCSc1cccc(C)c1)C(=O)O. The Morgan fingerprint density at radius 3 is 2.78 bits per heavy atom. The van der Waals surface area contributed by atoms with E-state index in [4.69, 9.17) is 0 Å². The topological polar surface area (TPSA) is 49.3 Å². The first-order chi connectivity index (χ1) is 8.48. The number of carbonyl (C=O) groups is 1. The summed E-state index contributed by atoms with van der Waals surface area (Å²) in [6, 6.07) is 8.27. The Bertz CT molecular complexity index is 409. The summed E-state index contributed by atoms with van der Waals surface area (Å²) in [5.74, 6) is 0.00777. The predicted molar refractivity (Wildman–Crippen MR) is 76.2 cm³/mol. The van der Waals surface area contributed by atoms with Crippen molar-refractivity contribution in [2.24, 2.45) is 0 Å². The van der Waals surface area contributed by atoms with Crippen LogP contribution in [0.2, 0.25) is 0 Å². The molecule has 1 aromatic rings. The average Bonchev–Trinajstić information content (AvgIpc) is 2.29. The second-order valence-electron chi connectivity index (χ2n) is 4.58. The van der Waals surface area contributed by atoms with Crippen molar-refractivity contribution in [3.63, 3.8) is 0 Å². The molecule has 0 saturated carbocycles. The van der Waals surface area contributed by atoms with Gasteiger partial charge in [-0.3, -0.25) is 4.79 Å². The van der Waals surface area contributed by atoms with Gasteiger partial charge in [-0.25, -0.2) is 0 Å². The minimum Gasteiger partial charge on any atom is -0.480 e. The molecule has 100 valence electrons. The van der Waals surface area contributed by atoms with Crippen molar-refractivity contribution in [1.82, 2.24) is 5.32 Å². The molecule has 0 saturated heterocycles. The van der Waals surface area contributed by atoms with Gasteiger partial charge in [-0.2, -0.15) is 0 Å². The number of carboxylic acids is 1. The van der Waals surface area contributed by atoms with Crippen LogP contribution in [0.25, 0.3) is 0 Å². The quantitative estimate of drug-likeness (QED) is 0.746. The second kappa shape index (κ2) is 6.81. The third-order valence-electron chi connectivity index (χ3n) is 2.90. The lowest BCUT2D eigenvalue weighted by atomic mass is 9.99. The first kappa shape index (κ1) is 15.1. The van der Waals surface area contributed by atoms with Gasteiger partial charge in [0.1, 0.15) is 5.54 Å². The molecule has 3 nitrogen and oxygen atoms in total. The van der Waals surface area contributed by atoms with Gasteiger partial charge >= 0.3 is 5.97 Å². The molecule has 0 aromatic heterocycles. The van der Waals surface area contributed by atoms with Gasteiger partial charge in [0.05, 0.1) is 0 Å². The number of hydrogen-bond acceptors (Lipinski definition) is 3. The van der Waals surface area contributed by atoms with Gasteiger partial charge in [-0.05, 0) is 38.9 Å². The van der Waals surface area contributed by atoms with Crippen molar-refractivity contribution in [2.75, 3.05) is 12.3 Å². The van der Waals surface area contributed by atoms with E-state index in [9.17, 15) is 9.90 Å². The molecule has 0 aliphatic rings. The van der Waals surface area contributed by atoms with Crippen molar-refractivity contribution < 1.29 is 9.90 Å². The van der Waals surface area contributed by atoms with Crippen molar-refractivity contribution in [2.45, 2.75) is 37.6 Å². The van der Waals surface area contributed by atoms with Crippen LogP contribution in [-0.2, 0) is 4.79 Å². The monoisotopic (exact) mass is 267 g/mol. The highest BCUT2D eigenvalue weighted by Gasteiger charge is 2.31. The van der Waals surface area contributed by atoms with Crippen molar-refractivity contribution in [3.05, 3.63) is 29.8 Å². The zero-order chi connectivity index (χ0) is 13.6. The van der Waals surface area contributed by atoms with Crippen LogP contribution in [0, 0.1) is 6.92 Å². The van der Waals surface area contributed by atoms with Crippen molar-refractivity contribution in [3.8, 4) is 0 Å². The standard InChI is InChI=1S/C14H21NO2S/c1-4-15-14(3,13(16)17)8-9-18-12-7-5-6-11(2)10-12/h5-7,10,15H,4,8-9H2,1-3H3,(H,16,17). The lowest BCUT2D eigenvalue weighted by Gasteiger charge is -2.25. The van der Waals surface area contributed by atoms with Crippen LogP contribution in [0.4, 0.5) is 0 Å². The lowest BCUT2D eigenvalue weighted by molar-refractivity contribution is -0.144. The Morgan fingerprint density at radius 2 is 2.22 bits per heavy atom. The highest BCUT2D eigenvalue weighted by atomic mass is 32.2. The van der Waals surface area contributed by atoms with Crippen molar-refractivity contribution >= 4 is 17.7 Å². The number of hydrogen-bond donors (Lipinski definition) is 2. The fourth-order valence-electron chi connectivity index (χ4n) is 1.74. The molecular weight excluding hydrogens is 246 g/mol. The summed E-state index contributed by atoms with van der Waals surface area (Å²) < 4.78 is 0. The fourth-order valence-corrected chi connectivity index (χ4v) is 2.93. The van der Waals surface area contributed by atoms with Crippen LogP contribution >= 0.6 is 11.8 Å². The summed E-state index contributed by atoms with van der Waals surface area (Å²) in [4.78, 5) is 12.4. The number of thioether (sulfide) groups is 1. The molecule has 18 heavy (non-hydrogen) atoms. The molecule has 1 aromatic carbocycles. The Morgan fingerprint density at radius 1 is 1.50 bits per heavy atom. The molecule has 0 fully saturated rings. The van der Waals surface area contributed by atoms with Gasteiger partial charge in [0.25, 0.3) is 0 Å². The van der Waals surface area contributed by atoms with Crippen molar-refractivity contribution in [1.29, 1.82) is 0 Å². The molecule has 0 amide bonds. The second-order valence-corrected chi connectivity index (χ2v) is 5.75. The van der Waals surface area contributed by atoms with Crippen LogP contribution in [0.5, 0.6) is 0 Å². The van der Waals surface area contributed by atoms with Crippen LogP contribution in [0.15, 0.2) is 29.2 Å². The smallest absolute Gasteiger partial charge is 0.323 e. The first-order valence-corrected chi connectivity index (χ1v) is 7.14. The highest BCUT2D eigenvalue weighted by Crippen LogP contribution is 2.22. The molecule has 0 heterocycles. The van der Waals surface area contributed by atoms with Crippen LogP contribution < -0.4 is 5.32 Å². The summed E-state index contributed by atoms with van der Waals surface area (Å²) in [5, 5.41) is 12.3. The van der Waals surface area contributed by atoms with E-state index in [0.29, 0.717) is 13.0 Å². The van der Waals surface area contributed by atoms with E-state index in [0.717, 1.165) is 5.75 Å². The number of benzene rings is 1. The summed E-state index contributed by atoms with van der Waals surface area (Å²) in [5.41, 5.74) is 0.402. The summed E-state index contributed by atoms with van der Waals surface area (Å²) in [6.07, 6.45) is 0.606. The molecule has 0 aliphatic heterocycles. The van der Waals surface area contributed by atoms with E-state index < -0.39 is 11.5 Å². The molecule has 0 aliphatic carbocycles. The normalized spacial score (nSPS) is 14.2. The van der Waals surface area contributed by atoms with E-state index in [2.05, 4.69) is 30.4 Å². The Hall–Kier alpha value is -1.00. The zero-order valence-electron chi connectivity index (χ0n) is 11.2. The zero-order valence-corrected chi connectivity index (χ0v) is 12.0. The van der Waals surface area contributed by atoms with Gasteiger partial charge in [-0.1, -0.05) is 24.6 Å². The number of carboxylic acid groups (broad SMARTS) is 1. The Labute approximate surface area is 113 Å². The Kier molecular flexibility index (Phi) is 5.69. The van der Waals surface area contributed by atoms with E-state index >= 15 is 0 Å². The average molecular weight is 267 g/mol. The first-order valence-electron chi connectivity index (χ1n) is 6.16. The number of aryl methyl sites for hydroxylation is 1. The van der Waals surface area contributed by atoms with Gasteiger partial charge in [0, 0.05) is 10.6 Å². The Balaban J connectivity index is 2.51. The predicted octanol–water partition coefficient (Wildman–Crippen LogP) is 2.93. The van der Waals surface area contributed by atoms with Gasteiger partial charge in [0.2, 0.25) is 0 Å². The van der Waals surface area contributed by atoms with E-state index in [1.165, 1.54) is 10.5 Å². The summed E-state index contributed by atoms with van der Waals surface area (Å²) >= 11 is 1.70.